The third-order valence-corrected chi connectivity index (χ3v) is 4.26. The molecule has 0 aliphatic rings. The van der Waals surface area contributed by atoms with E-state index in [1.165, 1.54) is 11.8 Å². The van der Waals surface area contributed by atoms with E-state index >= 15 is 0 Å². The number of esters is 1. The van der Waals surface area contributed by atoms with Crippen LogP contribution in [0.5, 0.6) is 0 Å². The van der Waals surface area contributed by atoms with Crippen LogP contribution in [-0.2, 0) is 19.1 Å². The average Bonchev–Trinajstić information content (AvgIpc) is 2.55. The number of thioether (sulfide) groups is 1. The summed E-state index contributed by atoms with van der Waals surface area (Å²) in [5, 5.41) is 16.3. The molecule has 0 amide bonds. The summed E-state index contributed by atoms with van der Waals surface area (Å²) in [6.07, 6.45) is 1.12. The van der Waals surface area contributed by atoms with Crippen LogP contribution in [0, 0.1) is 0 Å². The number of aliphatic carboxylic acids is 2. The molecule has 0 saturated carbocycles. The second-order valence-corrected chi connectivity index (χ2v) is 8.15. The first kappa shape index (κ1) is 25.0. The molecule has 7 nitrogen and oxygen atoms in total. The van der Waals surface area contributed by atoms with Crippen molar-refractivity contribution in [3.8, 4) is 0 Å². The Bertz CT molecular complexity index is 642. The van der Waals surface area contributed by atoms with Gasteiger partial charge in [-0.05, 0) is 52.2 Å². The molecule has 1 aromatic rings. The zero-order valence-corrected chi connectivity index (χ0v) is 17.2. The van der Waals surface area contributed by atoms with Gasteiger partial charge >= 0.3 is 17.9 Å². The highest BCUT2D eigenvalue weighted by Gasteiger charge is 2.30. The topological polar surface area (TPSA) is 104 Å². The van der Waals surface area contributed by atoms with E-state index in [2.05, 4.69) is 0 Å². The van der Waals surface area contributed by atoms with Gasteiger partial charge in [-0.3, -0.25) is 4.79 Å². The number of hydrogen-bond acceptors (Lipinski definition) is 6. The van der Waals surface area contributed by atoms with Gasteiger partial charge in [0.1, 0.15) is 11.4 Å². The van der Waals surface area contributed by atoms with Gasteiger partial charge in [0, 0.05) is 28.6 Å². The summed E-state index contributed by atoms with van der Waals surface area (Å²) >= 11 is 7.31. The van der Waals surface area contributed by atoms with Crippen molar-refractivity contribution in [3.05, 3.63) is 41.4 Å². The lowest BCUT2D eigenvalue weighted by molar-refractivity contribution is -0.146. The van der Waals surface area contributed by atoms with Gasteiger partial charge in [0.2, 0.25) is 0 Å². The average molecular weight is 418 g/mol. The third-order valence-electron chi connectivity index (χ3n) is 2.82. The number of ether oxygens (including phenoxy) is 1. The number of halogens is 1. The predicted molar refractivity (Wildman–Crippen MR) is 105 cm³/mol. The molecule has 1 rings (SSSR count). The van der Waals surface area contributed by atoms with Gasteiger partial charge in [-0.1, -0.05) is 11.6 Å². The Morgan fingerprint density at radius 1 is 1.11 bits per heavy atom. The molecule has 0 unspecified atom stereocenters. The molecule has 0 fully saturated rings. The second-order valence-electron chi connectivity index (χ2n) is 6.02. The number of carbonyl (C=O) groups excluding carboxylic acids is 1. The standard InChI is InChI=1S/C14H20ClNO2S.C4H4O4/c1-14(2,13(17)18-10-9-16(3)4)19-12-7-5-11(15)6-8-12;5-3(6)1-2-4(7)8/h5-8H,9-10H2,1-4H3;1-2H,(H,5,6)(H,7,8). The largest absolute Gasteiger partial charge is 0.478 e. The molecule has 0 saturated heterocycles. The monoisotopic (exact) mass is 417 g/mol. The van der Waals surface area contributed by atoms with E-state index < -0.39 is 16.7 Å². The summed E-state index contributed by atoms with van der Waals surface area (Å²) < 4.78 is 4.68. The summed E-state index contributed by atoms with van der Waals surface area (Å²) in [6.45, 7) is 4.87. The van der Waals surface area contributed by atoms with Crippen LogP contribution in [0.4, 0.5) is 0 Å². The van der Waals surface area contributed by atoms with Gasteiger partial charge in [0.25, 0.3) is 0 Å². The van der Waals surface area contributed by atoms with Crippen molar-refractivity contribution in [2.24, 2.45) is 0 Å². The van der Waals surface area contributed by atoms with E-state index in [1.54, 1.807) is 0 Å². The zero-order chi connectivity index (χ0) is 21.0. The maximum Gasteiger partial charge on any atom is 0.328 e. The fourth-order valence-corrected chi connectivity index (χ4v) is 2.61. The lowest BCUT2D eigenvalue weighted by Gasteiger charge is -2.22. The van der Waals surface area contributed by atoms with Gasteiger partial charge in [-0.25, -0.2) is 9.59 Å². The maximum absolute atomic E-state index is 12.0. The van der Waals surface area contributed by atoms with Crippen molar-refractivity contribution in [1.82, 2.24) is 4.90 Å². The molecule has 0 aromatic heterocycles. The van der Waals surface area contributed by atoms with Crippen LogP contribution in [0.2, 0.25) is 5.02 Å². The number of carboxylic acid groups (broad SMARTS) is 2. The van der Waals surface area contributed by atoms with E-state index in [-0.39, 0.29) is 5.97 Å². The van der Waals surface area contributed by atoms with Crippen LogP contribution in [0.25, 0.3) is 0 Å². The number of carbonyl (C=O) groups is 3. The van der Waals surface area contributed by atoms with Crippen molar-refractivity contribution < 1.29 is 29.3 Å². The summed E-state index contributed by atoms with van der Waals surface area (Å²) in [7, 11) is 3.89. The van der Waals surface area contributed by atoms with Gasteiger partial charge in [-0.15, -0.1) is 11.8 Å². The number of hydrogen-bond donors (Lipinski definition) is 2. The predicted octanol–water partition coefficient (Wildman–Crippen LogP) is 3.03. The maximum atomic E-state index is 12.0. The minimum absolute atomic E-state index is 0.200. The Morgan fingerprint density at radius 2 is 1.59 bits per heavy atom. The Kier molecular flexibility index (Phi) is 11.4. The molecule has 0 heterocycles. The minimum atomic E-state index is -1.26. The van der Waals surface area contributed by atoms with Crippen LogP contribution in [0.1, 0.15) is 13.8 Å². The first-order valence-corrected chi connectivity index (χ1v) is 9.04. The van der Waals surface area contributed by atoms with Gasteiger partial charge in [0.15, 0.2) is 0 Å². The van der Waals surface area contributed by atoms with Crippen LogP contribution in [0.15, 0.2) is 41.3 Å². The van der Waals surface area contributed by atoms with Crippen LogP contribution in [-0.4, -0.2) is 65.0 Å². The fraction of sp³-hybridized carbons (Fsp3) is 0.389. The second kappa shape index (κ2) is 12.4. The van der Waals surface area contributed by atoms with Gasteiger partial charge in [0.05, 0.1) is 0 Å². The smallest absolute Gasteiger partial charge is 0.328 e. The molecule has 0 bridgehead atoms. The van der Waals surface area contributed by atoms with Crippen LogP contribution in [0.3, 0.4) is 0 Å². The highest BCUT2D eigenvalue weighted by atomic mass is 35.5. The highest BCUT2D eigenvalue weighted by molar-refractivity contribution is 8.01. The molecule has 9 heteroatoms. The quantitative estimate of drug-likeness (QED) is 0.378. The SMILES string of the molecule is CN(C)CCOC(=O)C(C)(C)Sc1ccc(Cl)cc1.O=C(O)C=CC(=O)O. The van der Waals surface area contributed by atoms with Crippen molar-refractivity contribution >= 4 is 41.3 Å². The van der Waals surface area contributed by atoms with E-state index in [0.29, 0.717) is 23.8 Å². The zero-order valence-electron chi connectivity index (χ0n) is 15.6. The molecule has 0 aliphatic heterocycles. The Labute approximate surface area is 167 Å². The van der Waals surface area contributed by atoms with Crippen LogP contribution >= 0.6 is 23.4 Å². The van der Waals surface area contributed by atoms with Crippen molar-refractivity contribution in [2.75, 3.05) is 27.2 Å². The molecule has 2 N–H and O–H groups in total. The molecule has 150 valence electrons. The summed E-state index contributed by atoms with van der Waals surface area (Å²) in [5.74, 6) is -2.71. The van der Waals surface area contributed by atoms with Crippen molar-refractivity contribution in [2.45, 2.75) is 23.5 Å². The van der Waals surface area contributed by atoms with Crippen molar-refractivity contribution in [1.29, 1.82) is 0 Å². The number of benzene rings is 1. The van der Waals surface area contributed by atoms with E-state index in [4.69, 9.17) is 26.6 Å². The minimum Gasteiger partial charge on any atom is -0.478 e. The first-order chi connectivity index (χ1) is 12.4. The molecule has 1 aromatic carbocycles. The third kappa shape index (κ3) is 12.9. The Balaban J connectivity index is 0.000000713. The van der Waals surface area contributed by atoms with E-state index in [0.717, 1.165) is 11.4 Å². The molecule has 0 aliphatic carbocycles. The Hall–Kier alpha value is -2.03. The number of rotatable bonds is 8. The normalized spacial score (nSPS) is 11.0. The van der Waals surface area contributed by atoms with E-state index in [1.807, 2.05) is 57.1 Å². The summed E-state index contributed by atoms with van der Waals surface area (Å²) in [4.78, 5) is 34.1. The first-order valence-electron chi connectivity index (χ1n) is 7.84. The highest BCUT2D eigenvalue weighted by Crippen LogP contribution is 2.33. The van der Waals surface area contributed by atoms with Crippen LogP contribution < -0.4 is 0 Å². The van der Waals surface area contributed by atoms with E-state index in [9.17, 15) is 14.4 Å². The van der Waals surface area contributed by atoms with Gasteiger partial charge in [-0.2, -0.15) is 0 Å². The molecule has 0 spiro atoms. The number of carboxylic acids is 2. The summed E-state index contributed by atoms with van der Waals surface area (Å²) in [6, 6.07) is 7.44. The van der Waals surface area contributed by atoms with Crippen molar-refractivity contribution in [3.63, 3.8) is 0 Å². The lowest BCUT2D eigenvalue weighted by atomic mass is 10.2. The molecule has 0 atom stereocenters. The van der Waals surface area contributed by atoms with Gasteiger partial charge < -0.3 is 19.8 Å². The summed E-state index contributed by atoms with van der Waals surface area (Å²) in [5.41, 5.74) is 0. The molecular weight excluding hydrogens is 394 g/mol. The fourth-order valence-electron chi connectivity index (χ4n) is 1.48. The lowest BCUT2D eigenvalue weighted by Crippen LogP contribution is -2.32. The Morgan fingerprint density at radius 3 is 2.00 bits per heavy atom. The molecular formula is C18H24ClNO6S. The number of nitrogens with zero attached hydrogens (tertiary/aromatic N) is 1. The molecule has 0 radical (unpaired) electrons. The molecule has 27 heavy (non-hydrogen) atoms. The number of likely N-dealkylation sites (N-methyl/N-ethyl adjacent to an activating group) is 1.